The molecule has 0 saturated carbocycles. The number of nitrogens with one attached hydrogen (secondary N) is 2. The van der Waals surface area contributed by atoms with Gasteiger partial charge in [-0.3, -0.25) is 9.59 Å². The average Bonchev–Trinajstić information content (AvgIpc) is 3.18. The highest BCUT2D eigenvalue weighted by atomic mass is 35.5. The Kier molecular flexibility index (Phi) is 5.92. The van der Waals surface area contributed by atoms with Crippen molar-refractivity contribution in [1.82, 2.24) is 0 Å². The summed E-state index contributed by atoms with van der Waals surface area (Å²) >= 11 is 6.44. The number of hydrogen-bond acceptors (Lipinski definition) is 5. The molecule has 2 amide bonds. The summed E-state index contributed by atoms with van der Waals surface area (Å²) in [4.78, 5) is 26.6. The van der Waals surface area contributed by atoms with Crippen molar-refractivity contribution in [3.05, 3.63) is 53.2 Å². The number of hydrogen-bond donors (Lipinski definition) is 2. The minimum atomic E-state index is -0.373. The zero-order valence-electron chi connectivity index (χ0n) is 16.5. The molecule has 0 unspecified atom stereocenters. The van der Waals surface area contributed by atoms with Gasteiger partial charge < -0.3 is 24.7 Å². The fourth-order valence-corrected chi connectivity index (χ4v) is 3.68. The van der Waals surface area contributed by atoms with Crippen LogP contribution in [-0.2, 0) is 9.53 Å². The maximum absolute atomic E-state index is 12.9. The number of fused-ring (bicyclic) bond motifs is 1. The van der Waals surface area contributed by atoms with Gasteiger partial charge in [0.15, 0.2) is 5.76 Å². The van der Waals surface area contributed by atoms with E-state index in [4.69, 9.17) is 20.8 Å². The van der Waals surface area contributed by atoms with Crippen LogP contribution < -0.4 is 15.5 Å². The second-order valence-corrected chi connectivity index (χ2v) is 7.36. The molecule has 156 valence electrons. The molecule has 4 rings (SSSR count). The molecule has 7 nitrogen and oxygen atoms in total. The third-order valence-corrected chi connectivity index (χ3v) is 5.21. The first-order valence-electron chi connectivity index (χ1n) is 9.81. The molecule has 0 aliphatic carbocycles. The van der Waals surface area contributed by atoms with Crippen LogP contribution >= 0.6 is 11.6 Å². The fraction of sp³-hybridized carbons (Fsp3) is 0.273. The van der Waals surface area contributed by atoms with Gasteiger partial charge in [0.25, 0.3) is 5.91 Å². The molecule has 2 N–H and O–H groups in total. The Hall–Kier alpha value is -3.03. The van der Waals surface area contributed by atoms with Crippen LogP contribution in [0.15, 0.2) is 46.9 Å². The van der Waals surface area contributed by atoms with Crippen LogP contribution in [0.5, 0.6) is 0 Å². The fourth-order valence-electron chi connectivity index (χ4n) is 3.39. The molecule has 0 bridgehead atoms. The third kappa shape index (κ3) is 4.27. The van der Waals surface area contributed by atoms with Crippen molar-refractivity contribution >= 4 is 51.4 Å². The van der Waals surface area contributed by atoms with Crippen LogP contribution in [0.2, 0.25) is 5.02 Å². The van der Waals surface area contributed by atoms with Crippen LogP contribution in [-0.4, -0.2) is 38.1 Å². The van der Waals surface area contributed by atoms with Gasteiger partial charge in [0, 0.05) is 30.6 Å². The lowest BCUT2D eigenvalue weighted by Crippen LogP contribution is -2.37. The smallest absolute Gasteiger partial charge is 0.291 e. The topological polar surface area (TPSA) is 83.8 Å². The molecule has 1 fully saturated rings. The summed E-state index contributed by atoms with van der Waals surface area (Å²) in [6.07, 6.45) is 0.391. The minimum Gasteiger partial charge on any atom is -0.451 e. The number of carbonyl (C=O) groups is 2. The van der Waals surface area contributed by atoms with E-state index >= 15 is 0 Å². The van der Waals surface area contributed by atoms with E-state index in [2.05, 4.69) is 15.5 Å². The van der Waals surface area contributed by atoms with Crippen LogP contribution in [0.25, 0.3) is 11.0 Å². The third-order valence-electron chi connectivity index (χ3n) is 4.91. The molecule has 0 spiro atoms. The van der Waals surface area contributed by atoms with Crippen LogP contribution in [0.1, 0.15) is 23.9 Å². The van der Waals surface area contributed by atoms with Crippen molar-refractivity contribution in [3.63, 3.8) is 0 Å². The van der Waals surface area contributed by atoms with Crippen molar-refractivity contribution in [2.75, 3.05) is 41.8 Å². The molecule has 3 aromatic rings. The number of ether oxygens (including phenoxy) is 1. The maximum atomic E-state index is 12.9. The van der Waals surface area contributed by atoms with Gasteiger partial charge in [-0.2, -0.15) is 0 Å². The predicted molar refractivity (Wildman–Crippen MR) is 118 cm³/mol. The summed E-state index contributed by atoms with van der Waals surface area (Å²) in [5.74, 6) is -0.272. The van der Waals surface area contributed by atoms with E-state index in [9.17, 15) is 9.59 Å². The van der Waals surface area contributed by atoms with Gasteiger partial charge in [-0.05, 0) is 36.4 Å². The normalized spacial score (nSPS) is 14.0. The van der Waals surface area contributed by atoms with E-state index in [1.54, 1.807) is 43.3 Å². The van der Waals surface area contributed by atoms with Crippen molar-refractivity contribution < 1.29 is 18.7 Å². The van der Waals surface area contributed by atoms with Gasteiger partial charge in [-0.15, -0.1) is 0 Å². The average molecular weight is 428 g/mol. The monoisotopic (exact) mass is 427 g/mol. The molecule has 30 heavy (non-hydrogen) atoms. The molecule has 2 aromatic carbocycles. The molecule has 1 aromatic heterocycles. The lowest BCUT2D eigenvalue weighted by Gasteiger charge is -2.31. The number of para-hydroxylation sites is 1. The number of halogens is 1. The summed E-state index contributed by atoms with van der Waals surface area (Å²) in [6, 6.07) is 12.3. The summed E-state index contributed by atoms with van der Waals surface area (Å²) in [6.45, 7) is 4.40. The molecule has 1 aliphatic rings. The lowest BCUT2D eigenvalue weighted by molar-refractivity contribution is -0.115. The first-order valence-corrected chi connectivity index (χ1v) is 10.2. The Bertz CT molecular complexity index is 1090. The Morgan fingerprint density at radius 2 is 1.90 bits per heavy atom. The highest BCUT2D eigenvalue weighted by Crippen LogP contribution is 2.35. The van der Waals surface area contributed by atoms with Gasteiger partial charge in [0.1, 0.15) is 5.58 Å². The van der Waals surface area contributed by atoms with Gasteiger partial charge >= 0.3 is 0 Å². The highest BCUT2D eigenvalue weighted by molar-refractivity contribution is 6.34. The Balaban J connectivity index is 1.57. The minimum absolute atomic E-state index is 0.0765. The zero-order valence-corrected chi connectivity index (χ0v) is 17.3. The second kappa shape index (κ2) is 8.77. The quantitative estimate of drug-likeness (QED) is 0.625. The standard InChI is InChI=1S/C22H22ClN3O4/c1-2-20(27)24-15-6-7-18-14(12-15)13-19(30-18)22(28)25-17-5-3-4-16(23)21(17)26-8-10-29-11-9-26/h3-7,12-13H,2,8-11H2,1H3,(H,24,27)(H,25,28). The molecular formula is C22H22ClN3O4. The summed E-state index contributed by atoms with van der Waals surface area (Å²) in [5, 5.41) is 7.01. The second-order valence-electron chi connectivity index (χ2n) is 6.95. The van der Waals surface area contributed by atoms with E-state index in [-0.39, 0.29) is 17.6 Å². The number of amides is 2. The number of carbonyl (C=O) groups excluding carboxylic acids is 2. The van der Waals surface area contributed by atoms with Crippen molar-refractivity contribution in [3.8, 4) is 0 Å². The van der Waals surface area contributed by atoms with E-state index in [0.717, 1.165) is 11.1 Å². The van der Waals surface area contributed by atoms with Gasteiger partial charge in [-0.25, -0.2) is 0 Å². The number of rotatable bonds is 5. The molecular weight excluding hydrogens is 406 g/mol. The van der Waals surface area contributed by atoms with E-state index < -0.39 is 0 Å². The highest BCUT2D eigenvalue weighted by Gasteiger charge is 2.21. The van der Waals surface area contributed by atoms with Crippen molar-refractivity contribution in [2.24, 2.45) is 0 Å². The first kappa shape index (κ1) is 20.3. The molecule has 1 saturated heterocycles. The Morgan fingerprint density at radius 1 is 1.10 bits per heavy atom. The first-order chi connectivity index (χ1) is 14.5. The Morgan fingerprint density at radius 3 is 2.67 bits per heavy atom. The number of anilines is 3. The molecule has 1 aliphatic heterocycles. The van der Waals surface area contributed by atoms with Gasteiger partial charge in [0.05, 0.1) is 29.6 Å². The van der Waals surface area contributed by atoms with Crippen molar-refractivity contribution in [2.45, 2.75) is 13.3 Å². The molecule has 0 radical (unpaired) electrons. The number of nitrogens with zero attached hydrogens (tertiary/aromatic N) is 1. The molecule has 8 heteroatoms. The number of benzene rings is 2. The van der Waals surface area contributed by atoms with Crippen LogP contribution in [0.3, 0.4) is 0 Å². The molecule has 0 atom stereocenters. The maximum Gasteiger partial charge on any atom is 0.291 e. The van der Waals surface area contributed by atoms with Gasteiger partial charge in [0.2, 0.25) is 5.91 Å². The van der Waals surface area contributed by atoms with Gasteiger partial charge in [-0.1, -0.05) is 24.6 Å². The largest absolute Gasteiger partial charge is 0.451 e. The molecule has 2 heterocycles. The summed E-state index contributed by atoms with van der Waals surface area (Å²) < 4.78 is 11.1. The van der Waals surface area contributed by atoms with E-state index in [1.165, 1.54) is 0 Å². The summed E-state index contributed by atoms with van der Waals surface area (Å²) in [7, 11) is 0. The Labute approximate surface area is 178 Å². The summed E-state index contributed by atoms with van der Waals surface area (Å²) in [5.41, 5.74) is 2.61. The SMILES string of the molecule is CCC(=O)Nc1ccc2oc(C(=O)Nc3cccc(Cl)c3N3CCOCC3)cc2c1. The van der Waals surface area contributed by atoms with Crippen LogP contribution in [0, 0.1) is 0 Å². The number of furan rings is 1. The van der Waals surface area contributed by atoms with E-state index in [1.807, 2.05) is 6.07 Å². The van der Waals surface area contributed by atoms with Crippen LogP contribution in [0.4, 0.5) is 17.1 Å². The predicted octanol–water partition coefficient (Wildman–Crippen LogP) is 4.52. The zero-order chi connectivity index (χ0) is 21.1. The lowest BCUT2D eigenvalue weighted by atomic mass is 10.2. The van der Waals surface area contributed by atoms with E-state index in [0.29, 0.717) is 54.7 Å². The van der Waals surface area contributed by atoms with Crippen molar-refractivity contribution in [1.29, 1.82) is 0 Å². The number of morpholine rings is 1.